The highest BCUT2D eigenvalue weighted by Gasteiger charge is 2.34. The molecule has 1 aliphatic carbocycles. The van der Waals surface area contributed by atoms with Crippen LogP contribution in [-0.2, 0) is 0 Å². The molecule has 0 spiro atoms. The van der Waals surface area contributed by atoms with Crippen molar-refractivity contribution in [2.45, 2.75) is 64.0 Å². The molecule has 3 unspecified atom stereocenters. The quantitative estimate of drug-likeness (QED) is 0.680. The minimum Gasteiger partial charge on any atom is -0.314 e. The van der Waals surface area contributed by atoms with Gasteiger partial charge in [-0.25, -0.2) is 0 Å². The van der Waals surface area contributed by atoms with Crippen LogP contribution in [0.4, 0.5) is 0 Å². The zero-order valence-corrected chi connectivity index (χ0v) is 10.1. The molecule has 0 bridgehead atoms. The van der Waals surface area contributed by atoms with Crippen LogP contribution in [0.15, 0.2) is 0 Å². The molecule has 1 aliphatic heterocycles. The summed E-state index contributed by atoms with van der Waals surface area (Å²) in [6.07, 6.45) is 9.74. The lowest BCUT2D eigenvalue weighted by molar-refractivity contribution is 0.320. The first-order valence-corrected chi connectivity index (χ1v) is 6.88. The largest absolute Gasteiger partial charge is 0.314 e. The van der Waals surface area contributed by atoms with E-state index in [0.29, 0.717) is 0 Å². The molecule has 1 saturated carbocycles. The third-order valence-electron chi connectivity index (χ3n) is 4.12. The molecule has 88 valence electrons. The summed E-state index contributed by atoms with van der Waals surface area (Å²) >= 11 is 0. The lowest BCUT2D eigenvalue weighted by atomic mass is 9.93. The van der Waals surface area contributed by atoms with Gasteiger partial charge in [-0.15, -0.1) is 0 Å². The van der Waals surface area contributed by atoms with Crippen molar-refractivity contribution >= 4 is 0 Å². The number of nitrogens with one attached hydrogen (secondary N) is 2. The molecule has 15 heavy (non-hydrogen) atoms. The summed E-state index contributed by atoms with van der Waals surface area (Å²) in [4.78, 5) is 0. The first kappa shape index (κ1) is 11.4. The van der Waals surface area contributed by atoms with Gasteiger partial charge in [-0.1, -0.05) is 19.8 Å². The van der Waals surface area contributed by atoms with E-state index in [1.165, 1.54) is 58.0 Å². The summed E-state index contributed by atoms with van der Waals surface area (Å²) in [6.45, 7) is 4.75. The number of hydrogen-bond donors (Lipinski definition) is 2. The molecule has 1 saturated heterocycles. The molecule has 1 heterocycles. The van der Waals surface area contributed by atoms with E-state index in [9.17, 15) is 0 Å². The molecular formula is C13H26N2. The predicted molar refractivity (Wildman–Crippen MR) is 65.1 cm³/mol. The fourth-order valence-electron chi connectivity index (χ4n) is 3.26. The molecule has 0 aromatic carbocycles. The molecule has 2 rings (SSSR count). The van der Waals surface area contributed by atoms with Gasteiger partial charge in [-0.05, 0) is 51.1 Å². The molecule has 0 amide bonds. The Hall–Kier alpha value is -0.0800. The summed E-state index contributed by atoms with van der Waals surface area (Å²) in [5.74, 6) is 0.921. The number of unbranched alkanes of at least 4 members (excludes halogenated alkanes) is 1. The average molecular weight is 210 g/mol. The van der Waals surface area contributed by atoms with Gasteiger partial charge in [-0.2, -0.15) is 0 Å². The van der Waals surface area contributed by atoms with Crippen molar-refractivity contribution in [3.8, 4) is 0 Å². The van der Waals surface area contributed by atoms with Crippen LogP contribution in [0.5, 0.6) is 0 Å². The van der Waals surface area contributed by atoms with Crippen molar-refractivity contribution < 1.29 is 0 Å². The van der Waals surface area contributed by atoms with Gasteiger partial charge in [0.05, 0.1) is 0 Å². The molecule has 2 heteroatoms. The highest BCUT2D eigenvalue weighted by atomic mass is 15.0. The van der Waals surface area contributed by atoms with Gasteiger partial charge < -0.3 is 10.6 Å². The highest BCUT2D eigenvalue weighted by molar-refractivity contribution is 4.92. The predicted octanol–water partition coefficient (Wildman–Crippen LogP) is 2.30. The highest BCUT2D eigenvalue weighted by Crippen LogP contribution is 2.31. The summed E-state index contributed by atoms with van der Waals surface area (Å²) in [5, 5.41) is 7.45. The Kier molecular flexibility index (Phi) is 4.45. The van der Waals surface area contributed by atoms with Crippen molar-refractivity contribution in [1.29, 1.82) is 0 Å². The van der Waals surface area contributed by atoms with Gasteiger partial charge in [-0.3, -0.25) is 0 Å². The molecule has 2 aliphatic rings. The molecule has 0 aromatic heterocycles. The van der Waals surface area contributed by atoms with E-state index in [1.54, 1.807) is 0 Å². The topological polar surface area (TPSA) is 24.1 Å². The van der Waals surface area contributed by atoms with E-state index >= 15 is 0 Å². The van der Waals surface area contributed by atoms with Crippen molar-refractivity contribution in [3.05, 3.63) is 0 Å². The van der Waals surface area contributed by atoms with Crippen LogP contribution in [0, 0.1) is 5.92 Å². The maximum absolute atomic E-state index is 3.77. The van der Waals surface area contributed by atoms with Gasteiger partial charge in [0.1, 0.15) is 0 Å². The normalized spacial score (nSPS) is 36.2. The molecule has 0 aromatic rings. The molecule has 3 atom stereocenters. The smallest absolute Gasteiger partial charge is 0.0111 e. The van der Waals surface area contributed by atoms with Crippen LogP contribution in [0.2, 0.25) is 0 Å². The maximum atomic E-state index is 3.77. The Balaban J connectivity index is 1.76. The third kappa shape index (κ3) is 2.94. The Morgan fingerprint density at radius 3 is 2.87 bits per heavy atom. The Morgan fingerprint density at radius 2 is 2.13 bits per heavy atom. The Morgan fingerprint density at radius 1 is 1.20 bits per heavy atom. The van der Waals surface area contributed by atoms with Gasteiger partial charge >= 0.3 is 0 Å². The Bertz CT molecular complexity index is 175. The van der Waals surface area contributed by atoms with Crippen LogP contribution in [0.1, 0.15) is 51.9 Å². The van der Waals surface area contributed by atoms with Crippen molar-refractivity contribution in [2.24, 2.45) is 5.92 Å². The summed E-state index contributed by atoms with van der Waals surface area (Å²) in [6, 6.07) is 1.64. The van der Waals surface area contributed by atoms with Crippen LogP contribution in [-0.4, -0.2) is 25.2 Å². The fourth-order valence-corrected chi connectivity index (χ4v) is 3.26. The average Bonchev–Trinajstić information content (AvgIpc) is 2.87. The first-order chi connectivity index (χ1) is 7.42. The molecule has 2 nitrogen and oxygen atoms in total. The minimum absolute atomic E-state index is 0.812. The van der Waals surface area contributed by atoms with Gasteiger partial charge in [0.25, 0.3) is 0 Å². The molecular weight excluding hydrogens is 184 g/mol. The lowest BCUT2D eigenvalue weighted by Crippen LogP contribution is -2.42. The van der Waals surface area contributed by atoms with E-state index in [-0.39, 0.29) is 0 Å². The standard InChI is InChI=1S/C13H26N2/c1-2-3-9-14-12-7-4-6-11(12)13-8-5-10-15-13/h11-15H,2-10H2,1H3. The van der Waals surface area contributed by atoms with Crippen LogP contribution in [0.3, 0.4) is 0 Å². The zero-order chi connectivity index (χ0) is 10.5. The van der Waals surface area contributed by atoms with E-state index < -0.39 is 0 Å². The number of rotatable bonds is 5. The number of hydrogen-bond acceptors (Lipinski definition) is 2. The SMILES string of the molecule is CCCCNC1CCCC1C1CCCN1. The second-order valence-corrected chi connectivity index (χ2v) is 5.21. The lowest BCUT2D eigenvalue weighted by Gasteiger charge is -2.26. The van der Waals surface area contributed by atoms with Crippen molar-refractivity contribution in [2.75, 3.05) is 13.1 Å². The fraction of sp³-hybridized carbons (Fsp3) is 1.00. The van der Waals surface area contributed by atoms with E-state index in [4.69, 9.17) is 0 Å². The van der Waals surface area contributed by atoms with Gasteiger partial charge in [0.15, 0.2) is 0 Å². The van der Waals surface area contributed by atoms with E-state index in [0.717, 1.165) is 18.0 Å². The first-order valence-electron chi connectivity index (χ1n) is 6.88. The second kappa shape index (κ2) is 5.86. The Labute approximate surface area is 94.2 Å². The molecule has 2 fully saturated rings. The molecule has 2 N–H and O–H groups in total. The van der Waals surface area contributed by atoms with Gasteiger partial charge in [0.2, 0.25) is 0 Å². The molecule has 0 radical (unpaired) electrons. The summed E-state index contributed by atoms with van der Waals surface area (Å²) < 4.78 is 0. The monoisotopic (exact) mass is 210 g/mol. The minimum atomic E-state index is 0.812. The summed E-state index contributed by atoms with van der Waals surface area (Å²) in [5.41, 5.74) is 0. The summed E-state index contributed by atoms with van der Waals surface area (Å²) in [7, 11) is 0. The van der Waals surface area contributed by atoms with Crippen LogP contribution in [0.25, 0.3) is 0 Å². The van der Waals surface area contributed by atoms with Crippen molar-refractivity contribution in [1.82, 2.24) is 10.6 Å². The van der Waals surface area contributed by atoms with Crippen LogP contribution < -0.4 is 10.6 Å². The van der Waals surface area contributed by atoms with Gasteiger partial charge in [0, 0.05) is 12.1 Å². The van der Waals surface area contributed by atoms with Crippen LogP contribution >= 0.6 is 0 Å². The van der Waals surface area contributed by atoms with E-state index in [1.807, 2.05) is 0 Å². The van der Waals surface area contributed by atoms with Crippen molar-refractivity contribution in [3.63, 3.8) is 0 Å². The third-order valence-corrected chi connectivity index (χ3v) is 4.12. The van der Waals surface area contributed by atoms with E-state index in [2.05, 4.69) is 17.6 Å². The zero-order valence-electron chi connectivity index (χ0n) is 10.1. The second-order valence-electron chi connectivity index (χ2n) is 5.21. The maximum Gasteiger partial charge on any atom is 0.0111 e.